The Labute approximate surface area is 192 Å². The number of carbonyl (C=O) groups is 4. The molecule has 1 aliphatic rings. The van der Waals surface area contributed by atoms with Gasteiger partial charge in [-0.2, -0.15) is 4.98 Å². The summed E-state index contributed by atoms with van der Waals surface area (Å²) in [5, 5.41) is 29.0. The fraction of sp³-hybridized carbons (Fsp3) is 0.300. The number of carboxylic acids is 2. The summed E-state index contributed by atoms with van der Waals surface area (Å²) in [6.45, 7) is 0.203. The number of carboxylic acid groups (broad SMARTS) is 2. The first-order valence-corrected chi connectivity index (χ1v) is 10.1. The van der Waals surface area contributed by atoms with Crippen molar-refractivity contribution in [2.45, 2.75) is 24.4 Å². The van der Waals surface area contributed by atoms with Crippen molar-refractivity contribution in [3.63, 3.8) is 0 Å². The summed E-state index contributed by atoms with van der Waals surface area (Å²) < 4.78 is 0. The number of nitrogen functional groups attached to an aromatic ring is 1. The number of benzene rings is 1. The Balaban J connectivity index is 1.63. The smallest absolute Gasteiger partial charge is 0.326 e. The van der Waals surface area contributed by atoms with Crippen molar-refractivity contribution in [2.75, 3.05) is 34.8 Å². The second kappa shape index (κ2) is 9.89. The number of anilines is 4. The molecule has 14 heteroatoms. The Hall–Kier alpha value is -4.62. The highest BCUT2D eigenvalue weighted by Gasteiger charge is 2.36. The predicted molar refractivity (Wildman–Crippen MR) is 121 cm³/mol. The van der Waals surface area contributed by atoms with E-state index in [-0.39, 0.29) is 42.5 Å². The molecule has 14 nitrogen and oxygen atoms in total. The molecule has 34 heavy (non-hydrogen) atoms. The lowest BCUT2D eigenvalue weighted by Crippen LogP contribution is -2.55. The van der Waals surface area contributed by atoms with E-state index in [1.807, 2.05) is 0 Å². The SMILES string of the molecule is Nc1nc2c(c(=O)[nH]1)NC(C=O)(CNc1ccc(C(=O)NC(CCC(=O)O)C(=O)O)cc1)CN2. The van der Waals surface area contributed by atoms with Gasteiger partial charge < -0.3 is 42.0 Å². The largest absolute Gasteiger partial charge is 0.481 e. The number of hydrogen-bond donors (Lipinski definition) is 8. The quantitative estimate of drug-likeness (QED) is 0.200. The number of fused-ring (bicyclic) bond motifs is 1. The molecule has 0 saturated carbocycles. The van der Waals surface area contributed by atoms with Crippen LogP contribution in [-0.2, 0) is 14.4 Å². The maximum absolute atomic E-state index is 12.3. The highest BCUT2D eigenvalue weighted by molar-refractivity contribution is 5.97. The van der Waals surface area contributed by atoms with E-state index in [0.29, 0.717) is 12.0 Å². The number of nitrogens with two attached hydrogens (primary N) is 1. The van der Waals surface area contributed by atoms with Crippen molar-refractivity contribution in [2.24, 2.45) is 0 Å². The number of aldehydes is 1. The minimum Gasteiger partial charge on any atom is -0.481 e. The maximum Gasteiger partial charge on any atom is 0.326 e. The maximum atomic E-state index is 12.3. The summed E-state index contributed by atoms with van der Waals surface area (Å²) in [6.07, 6.45) is 0.0108. The Morgan fingerprint density at radius 3 is 2.56 bits per heavy atom. The zero-order valence-electron chi connectivity index (χ0n) is 17.8. The second-order valence-corrected chi connectivity index (χ2v) is 7.65. The van der Waals surface area contributed by atoms with Crippen molar-refractivity contribution in [1.29, 1.82) is 0 Å². The van der Waals surface area contributed by atoms with E-state index in [9.17, 15) is 29.1 Å². The van der Waals surface area contributed by atoms with Gasteiger partial charge in [0, 0.05) is 30.8 Å². The Morgan fingerprint density at radius 1 is 1.24 bits per heavy atom. The number of H-pyrrole nitrogens is 1. The van der Waals surface area contributed by atoms with Gasteiger partial charge in [0.25, 0.3) is 11.5 Å². The van der Waals surface area contributed by atoms with Crippen molar-refractivity contribution < 1.29 is 29.4 Å². The van der Waals surface area contributed by atoms with E-state index in [1.54, 1.807) is 12.1 Å². The average Bonchev–Trinajstić information content (AvgIpc) is 2.80. The lowest BCUT2D eigenvalue weighted by Gasteiger charge is -2.35. The molecule has 1 aromatic carbocycles. The van der Waals surface area contributed by atoms with Gasteiger partial charge in [0.15, 0.2) is 5.82 Å². The first-order valence-electron chi connectivity index (χ1n) is 10.1. The number of nitrogens with zero attached hydrogens (tertiary/aromatic N) is 1. The molecule has 2 heterocycles. The molecule has 2 atom stereocenters. The number of amides is 1. The summed E-state index contributed by atoms with van der Waals surface area (Å²) in [4.78, 5) is 64.6. The van der Waals surface area contributed by atoms with Crippen LogP contribution in [0.25, 0.3) is 0 Å². The molecular formula is C20H23N7O7. The monoisotopic (exact) mass is 473 g/mol. The Bertz CT molecular complexity index is 1160. The van der Waals surface area contributed by atoms with Crippen molar-refractivity contribution >= 4 is 47.3 Å². The van der Waals surface area contributed by atoms with Crippen LogP contribution < -0.4 is 32.6 Å². The van der Waals surface area contributed by atoms with Gasteiger partial charge >= 0.3 is 11.9 Å². The molecule has 0 radical (unpaired) electrons. The minimum atomic E-state index is -1.34. The van der Waals surface area contributed by atoms with Crippen molar-refractivity contribution in [1.82, 2.24) is 15.3 Å². The first kappa shape index (κ1) is 24.0. The summed E-state index contributed by atoms with van der Waals surface area (Å²) in [5.41, 5.74) is 4.62. The third-order valence-corrected chi connectivity index (χ3v) is 5.11. The highest BCUT2D eigenvalue weighted by atomic mass is 16.4. The molecule has 0 spiro atoms. The van der Waals surface area contributed by atoms with Gasteiger partial charge in [0.05, 0.1) is 0 Å². The van der Waals surface area contributed by atoms with E-state index in [4.69, 9.17) is 10.8 Å². The summed E-state index contributed by atoms with van der Waals surface area (Å²) >= 11 is 0. The van der Waals surface area contributed by atoms with Gasteiger partial charge in [-0.25, -0.2) is 4.79 Å². The van der Waals surface area contributed by atoms with Gasteiger partial charge in [-0.05, 0) is 30.7 Å². The molecule has 0 saturated heterocycles. The molecule has 180 valence electrons. The van der Waals surface area contributed by atoms with Crippen LogP contribution in [0.2, 0.25) is 0 Å². The van der Waals surface area contributed by atoms with E-state index in [0.717, 1.165) is 0 Å². The fourth-order valence-corrected chi connectivity index (χ4v) is 3.25. The molecular weight excluding hydrogens is 450 g/mol. The number of hydrogen-bond acceptors (Lipinski definition) is 10. The van der Waals surface area contributed by atoms with E-state index >= 15 is 0 Å². The van der Waals surface area contributed by atoms with Gasteiger partial charge in [-0.1, -0.05) is 0 Å². The van der Waals surface area contributed by atoms with Crippen LogP contribution in [0.15, 0.2) is 29.1 Å². The molecule has 2 unspecified atom stereocenters. The number of rotatable bonds is 10. The predicted octanol–water partition coefficient (Wildman–Crippen LogP) is -0.713. The zero-order chi connectivity index (χ0) is 24.9. The van der Waals surface area contributed by atoms with Crippen molar-refractivity contribution in [3.05, 3.63) is 40.2 Å². The molecule has 1 aliphatic heterocycles. The summed E-state index contributed by atoms with van der Waals surface area (Å²) in [7, 11) is 0. The van der Waals surface area contributed by atoms with E-state index in [1.165, 1.54) is 12.1 Å². The molecule has 3 rings (SSSR count). The number of aromatic amines is 1. The Kier molecular flexibility index (Phi) is 6.99. The number of aromatic nitrogens is 2. The standard InChI is InChI=1S/C20H23N7O7/c21-19-25-15-14(17(32)26-19)27-20(9-28,8-23-15)7-22-11-3-1-10(2-4-11)16(31)24-12(18(33)34)5-6-13(29)30/h1-4,9,12,22,27H,5-8H2,(H,24,31)(H,29,30)(H,33,34)(H4,21,23,25,26,32). The average molecular weight is 473 g/mol. The number of carbonyl (C=O) groups excluding carboxylic acids is 2. The molecule has 2 aromatic rings. The molecule has 0 bridgehead atoms. The third-order valence-electron chi connectivity index (χ3n) is 5.11. The highest BCUT2D eigenvalue weighted by Crippen LogP contribution is 2.25. The molecule has 9 N–H and O–H groups in total. The van der Waals surface area contributed by atoms with Crippen LogP contribution in [0, 0.1) is 0 Å². The van der Waals surface area contributed by atoms with Gasteiger partial charge in [0.1, 0.15) is 23.6 Å². The van der Waals surface area contributed by atoms with Crippen LogP contribution >= 0.6 is 0 Å². The van der Waals surface area contributed by atoms with Gasteiger partial charge in [-0.3, -0.25) is 19.4 Å². The second-order valence-electron chi connectivity index (χ2n) is 7.65. The molecule has 1 aromatic heterocycles. The number of nitrogens with one attached hydrogen (secondary N) is 5. The van der Waals surface area contributed by atoms with E-state index in [2.05, 4.69) is 31.2 Å². The van der Waals surface area contributed by atoms with Crippen LogP contribution in [0.4, 0.5) is 23.1 Å². The Morgan fingerprint density at radius 2 is 1.94 bits per heavy atom. The minimum absolute atomic E-state index is 0.0598. The van der Waals surface area contributed by atoms with Gasteiger partial charge in [0.2, 0.25) is 5.95 Å². The lowest BCUT2D eigenvalue weighted by atomic mass is 9.98. The molecule has 0 aliphatic carbocycles. The topological polar surface area (TPSA) is 229 Å². The summed E-state index contributed by atoms with van der Waals surface area (Å²) in [5.74, 6) is -3.00. The van der Waals surface area contributed by atoms with Crippen LogP contribution in [-0.4, -0.2) is 69.0 Å². The summed E-state index contributed by atoms with van der Waals surface area (Å²) in [6, 6.07) is 4.66. The van der Waals surface area contributed by atoms with Crippen LogP contribution in [0.3, 0.4) is 0 Å². The fourth-order valence-electron chi connectivity index (χ4n) is 3.25. The number of aliphatic carboxylic acids is 2. The lowest BCUT2D eigenvalue weighted by molar-refractivity contribution is -0.140. The zero-order valence-corrected chi connectivity index (χ0v) is 17.8. The molecule has 1 amide bonds. The van der Waals surface area contributed by atoms with Crippen LogP contribution in [0.1, 0.15) is 23.2 Å². The normalized spacial score (nSPS) is 17.3. The van der Waals surface area contributed by atoms with Crippen molar-refractivity contribution in [3.8, 4) is 0 Å². The van der Waals surface area contributed by atoms with Crippen LogP contribution in [0.5, 0.6) is 0 Å². The third kappa shape index (κ3) is 5.59. The van der Waals surface area contributed by atoms with Gasteiger partial charge in [-0.15, -0.1) is 0 Å². The first-order chi connectivity index (χ1) is 16.1. The molecule has 0 fully saturated rings. The van der Waals surface area contributed by atoms with E-state index < -0.39 is 41.4 Å².